The Balaban J connectivity index is 1.54. The summed E-state index contributed by atoms with van der Waals surface area (Å²) in [6, 6.07) is 8.65. The highest BCUT2D eigenvalue weighted by Gasteiger charge is 2.33. The van der Waals surface area contributed by atoms with E-state index in [1.165, 1.54) is 24.4 Å². The molecule has 0 atom stereocenters. The molecule has 0 fully saturated rings. The number of carbonyl (C=O) groups excluding carboxylic acids is 1. The zero-order valence-electron chi connectivity index (χ0n) is 18.2. The standard InChI is InChI=1S/C24H19F3N6O/c1-33(2)14-17-5-6-19(11-20(17)24(25,26)27)31-23(34)21-10-15(7-8-28-21)3-4-16-9-18-13-30-32-22(18)29-12-16/h5-13H,14H2,1-2H3,(H,31,34)(H,29,30,32). The predicted molar refractivity (Wildman–Crippen MR) is 121 cm³/mol. The van der Waals surface area contributed by atoms with Gasteiger partial charge in [0, 0.05) is 41.1 Å². The third-order valence-electron chi connectivity index (χ3n) is 4.79. The number of benzene rings is 1. The lowest BCUT2D eigenvalue weighted by Crippen LogP contribution is -2.18. The number of aromatic amines is 1. The van der Waals surface area contributed by atoms with Crippen molar-refractivity contribution >= 4 is 22.6 Å². The Labute approximate surface area is 193 Å². The average Bonchev–Trinajstić information content (AvgIpc) is 3.26. The average molecular weight is 464 g/mol. The topological polar surface area (TPSA) is 86.8 Å². The number of nitrogens with zero attached hydrogens (tertiary/aromatic N) is 4. The van der Waals surface area contributed by atoms with Crippen LogP contribution in [0.2, 0.25) is 0 Å². The quantitative estimate of drug-likeness (QED) is 0.445. The summed E-state index contributed by atoms with van der Waals surface area (Å²) in [5, 5.41) is 9.97. The second-order valence-electron chi connectivity index (χ2n) is 7.77. The molecule has 7 nitrogen and oxygen atoms in total. The number of nitrogens with one attached hydrogen (secondary N) is 2. The lowest BCUT2D eigenvalue weighted by molar-refractivity contribution is -0.138. The van der Waals surface area contributed by atoms with Gasteiger partial charge in [0.25, 0.3) is 5.91 Å². The van der Waals surface area contributed by atoms with Gasteiger partial charge < -0.3 is 10.2 Å². The molecule has 0 saturated carbocycles. The maximum absolute atomic E-state index is 13.5. The largest absolute Gasteiger partial charge is 0.416 e. The summed E-state index contributed by atoms with van der Waals surface area (Å²) in [5.41, 5.74) is 1.21. The van der Waals surface area contributed by atoms with Crippen molar-refractivity contribution in [2.75, 3.05) is 19.4 Å². The highest BCUT2D eigenvalue weighted by Crippen LogP contribution is 2.34. The molecule has 0 aliphatic heterocycles. The zero-order valence-corrected chi connectivity index (χ0v) is 18.2. The minimum atomic E-state index is -4.55. The van der Waals surface area contributed by atoms with Gasteiger partial charge in [-0.3, -0.25) is 14.9 Å². The lowest BCUT2D eigenvalue weighted by Gasteiger charge is -2.17. The summed E-state index contributed by atoms with van der Waals surface area (Å²) in [6.45, 7) is 0.119. The molecular formula is C24H19F3N6O. The summed E-state index contributed by atoms with van der Waals surface area (Å²) in [5.74, 6) is 5.26. The SMILES string of the molecule is CN(C)Cc1ccc(NC(=O)c2cc(C#Cc3cnc4[nH]ncc4c3)ccn2)cc1C(F)(F)F. The van der Waals surface area contributed by atoms with Crippen molar-refractivity contribution < 1.29 is 18.0 Å². The van der Waals surface area contributed by atoms with Crippen molar-refractivity contribution in [3.8, 4) is 11.8 Å². The summed E-state index contributed by atoms with van der Waals surface area (Å²) >= 11 is 0. The minimum Gasteiger partial charge on any atom is -0.321 e. The van der Waals surface area contributed by atoms with Gasteiger partial charge in [0.2, 0.25) is 0 Å². The van der Waals surface area contributed by atoms with E-state index in [4.69, 9.17) is 0 Å². The van der Waals surface area contributed by atoms with Gasteiger partial charge in [0.05, 0.1) is 11.8 Å². The number of alkyl halides is 3. The van der Waals surface area contributed by atoms with Crippen LogP contribution in [0.15, 0.2) is 55.0 Å². The normalized spacial score (nSPS) is 11.4. The number of H-pyrrole nitrogens is 1. The molecule has 0 aliphatic carbocycles. The first-order valence-electron chi connectivity index (χ1n) is 10.1. The van der Waals surface area contributed by atoms with E-state index in [9.17, 15) is 18.0 Å². The fraction of sp³-hybridized carbons (Fsp3) is 0.167. The third kappa shape index (κ3) is 5.39. The van der Waals surface area contributed by atoms with E-state index in [-0.39, 0.29) is 23.5 Å². The van der Waals surface area contributed by atoms with Crippen LogP contribution >= 0.6 is 0 Å². The molecule has 0 bridgehead atoms. The Morgan fingerprint density at radius 1 is 1.06 bits per heavy atom. The van der Waals surface area contributed by atoms with Crippen molar-refractivity contribution in [3.05, 3.63) is 82.9 Å². The predicted octanol–water partition coefficient (Wildman–Crippen LogP) is 4.09. The molecular weight excluding hydrogens is 445 g/mol. The molecule has 0 unspecified atom stereocenters. The monoisotopic (exact) mass is 464 g/mol. The van der Waals surface area contributed by atoms with E-state index in [0.717, 1.165) is 11.5 Å². The van der Waals surface area contributed by atoms with Crippen LogP contribution in [0.4, 0.5) is 18.9 Å². The summed E-state index contributed by atoms with van der Waals surface area (Å²) in [6.07, 6.45) is 0.103. The maximum atomic E-state index is 13.5. The highest BCUT2D eigenvalue weighted by molar-refractivity contribution is 6.03. The Kier molecular flexibility index (Phi) is 6.30. The van der Waals surface area contributed by atoms with Gasteiger partial charge in [-0.05, 0) is 50.0 Å². The van der Waals surface area contributed by atoms with Gasteiger partial charge in [-0.15, -0.1) is 0 Å². The maximum Gasteiger partial charge on any atom is 0.416 e. The van der Waals surface area contributed by atoms with E-state index in [0.29, 0.717) is 16.8 Å². The molecule has 3 heterocycles. The number of amides is 1. The van der Waals surface area contributed by atoms with Crippen LogP contribution < -0.4 is 5.32 Å². The van der Waals surface area contributed by atoms with Crippen molar-refractivity contribution in [1.29, 1.82) is 0 Å². The molecule has 0 radical (unpaired) electrons. The third-order valence-corrected chi connectivity index (χ3v) is 4.79. The molecule has 0 aliphatic rings. The second kappa shape index (κ2) is 9.33. The Morgan fingerprint density at radius 2 is 1.85 bits per heavy atom. The van der Waals surface area contributed by atoms with Crippen LogP contribution in [0, 0.1) is 11.8 Å². The molecule has 0 spiro atoms. The Bertz CT molecular complexity index is 1420. The first kappa shape index (κ1) is 22.9. The first-order valence-corrected chi connectivity index (χ1v) is 10.1. The van der Waals surface area contributed by atoms with Gasteiger partial charge in [-0.2, -0.15) is 18.3 Å². The van der Waals surface area contributed by atoms with Gasteiger partial charge in [0.1, 0.15) is 5.69 Å². The van der Waals surface area contributed by atoms with Gasteiger partial charge >= 0.3 is 6.18 Å². The fourth-order valence-corrected chi connectivity index (χ4v) is 3.27. The van der Waals surface area contributed by atoms with Crippen LogP contribution in [0.5, 0.6) is 0 Å². The number of hydrogen-bond donors (Lipinski definition) is 2. The van der Waals surface area contributed by atoms with E-state index >= 15 is 0 Å². The minimum absolute atomic E-state index is 0.0256. The summed E-state index contributed by atoms with van der Waals surface area (Å²) in [4.78, 5) is 22.5. The van der Waals surface area contributed by atoms with Gasteiger partial charge in [0.15, 0.2) is 5.65 Å². The lowest BCUT2D eigenvalue weighted by atomic mass is 10.1. The van der Waals surface area contributed by atoms with E-state index < -0.39 is 17.6 Å². The zero-order chi connectivity index (χ0) is 24.3. The summed E-state index contributed by atoms with van der Waals surface area (Å²) in [7, 11) is 3.37. The number of rotatable bonds is 4. The molecule has 1 amide bonds. The number of carbonyl (C=O) groups is 1. The van der Waals surface area contributed by atoms with E-state index in [2.05, 4.69) is 37.3 Å². The number of aromatic nitrogens is 4. The van der Waals surface area contributed by atoms with Crippen molar-refractivity contribution in [2.45, 2.75) is 12.7 Å². The number of hydrogen-bond acceptors (Lipinski definition) is 5. The molecule has 1 aromatic carbocycles. The van der Waals surface area contributed by atoms with Crippen LogP contribution in [0.25, 0.3) is 11.0 Å². The van der Waals surface area contributed by atoms with Gasteiger partial charge in [-0.1, -0.05) is 17.9 Å². The second-order valence-corrected chi connectivity index (χ2v) is 7.77. The van der Waals surface area contributed by atoms with Crippen LogP contribution in [-0.2, 0) is 12.7 Å². The van der Waals surface area contributed by atoms with Crippen molar-refractivity contribution in [3.63, 3.8) is 0 Å². The molecule has 0 saturated heterocycles. The van der Waals surface area contributed by atoms with E-state index in [1.54, 1.807) is 37.5 Å². The molecule has 4 rings (SSSR count). The van der Waals surface area contributed by atoms with Crippen LogP contribution in [-0.4, -0.2) is 45.1 Å². The molecule has 34 heavy (non-hydrogen) atoms. The number of pyridine rings is 2. The van der Waals surface area contributed by atoms with Crippen LogP contribution in [0.1, 0.15) is 32.7 Å². The molecule has 172 valence electrons. The number of anilines is 1. The van der Waals surface area contributed by atoms with Crippen molar-refractivity contribution in [1.82, 2.24) is 25.1 Å². The molecule has 3 aromatic heterocycles. The first-order chi connectivity index (χ1) is 16.2. The molecule has 2 N–H and O–H groups in total. The molecule has 4 aromatic rings. The van der Waals surface area contributed by atoms with Crippen molar-refractivity contribution in [2.24, 2.45) is 0 Å². The number of halogens is 3. The summed E-state index contributed by atoms with van der Waals surface area (Å²) < 4.78 is 40.5. The van der Waals surface area contributed by atoms with Gasteiger partial charge in [-0.25, -0.2) is 4.98 Å². The van der Waals surface area contributed by atoms with Crippen LogP contribution in [0.3, 0.4) is 0 Å². The fourth-order valence-electron chi connectivity index (χ4n) is 3.27. The van der Waals surface area contributed by atoms with E-state index in [1.807, 2.05) is 6.07 Å². The molecule has 10 heteroatoms. The number of fused-ring (bicyclic) bond motifs is 1. The Morgan fingerprint density at radius 3 is 2.62 bits per heavy atom. The highest BCUT2D eigenvalue weighted by atomic mass is 19.4. The Hall–Kier alpha value is -4.23. The smallest absolute Gasteiger partial charge is 0.321 e.